The lowest BCUT2D eigenvalue weighted by Gasteiger charge is -2.24. The number of likely N-dealkylation sites (tertiary alicyclic amines) is 1. The Labute approximate surface area is 191 Å². The number of fused-ring (bicyclic) bond motifs is 1. The molecule has 2 aliphatic rings. The standard InChI is InChI=1S/C24H25FN6O2/c1-15-19-12-21(32)31(11-9-16-5-7-18(25)8-6-16)23(19)28-22(27-15)20-4-3-10-30(20)24(33)17-13-26-29(2)14-17/h5-8,13-14,20H,3-4,9-12H2,1-2H3. The summed E-state index contributed by atoms with van der Waals surface area (Å²) >= 11 is 0. The van der Waals surface area contributed by atoms with Crippen LogP contribution < -0.4 is 4.90 Å². The lowest BCUT2D eigenvalue weighted by atomic mass is 10.1. The van der Waals surface area contributed by atoms with E-state index in [9.17, 15) is 14.0 Å². The fourth-order valence-electron chi connectivity index (χ4n) is 4.64. The highest BCUT2D eigenvalue weighted by molar-refractivity contribution is 6.00. The highest BCUT2D eigenvalue weighted by Gasteiger charge is 2.36. The number of benzene rings is 1. The summed E-state index contributed by atoms with van der Waals surface area (Å²) in [5.41, 5.74) is 3.10. The Balaban J connectivity index is 1.41. The minimum Gasteiger partial charge on any atom is -0.328 e. The Bertz CT molecular complexity index is 1220. The smallest absolute Gasteiger partial charge is 0.257 e. The highest BCUT2D eigenvalue weighted by Crippen LogP contribution is 2.35. The molecule has 2 aliphatic heterocycles. The van der Waals surface area contributed by atoms with Gasteiger partial charge in [-0.15, -0.1) is 0 Å². The van der Waals surface area contributed by atoms with Crippen molar-refractivity contribution >= 4 is 17.6 Å². The molecule has 5 rings (SSSR count). The van der Waals surface area contributed by atoms with E-state index < -0.39 is 0 Å². The van der Waals surface area contributed by atoms with Gasteiger partial charge in [0, 0.05) is 37.6 Å². The number of carbonyl (C=O) groups is 2. The molecule has 0 bridgehead atoms. The van der Waals surface area contributed by atoms with E-state index in [4.69, 9.17) is 9.97 Å². The van der Waals surface area contributed by atoms with E-state index in [1.165, 1.54) is 12.1 Å². The molecule has 0 radical (unpaired) electrons. The molecular formula is C24H25FN6O2. The van der Waals surface area contributed by atoms with E-state index in [2.05, 4.69) is 5.10 Å². The maximum absolute atomic E-state index is 13.2. The Kier molecular flexibility index (Phi) is 5.39. The van der Waals surface area contributed by atoms with Gasteiger partial charge in [0.1, 0.15) is 11.6 Å². The molecule has 8 nitrogen and oxygen atoms in total. The van der Waals surface area contributed by atoms with Gasteiger partial charge in [0.2, 0.25) is 5.91 Å². The average Bonchev–Trinajstić information content (AvgIpc) is 3.52. The van der Waals surface area contributed by atoms with Crippen LogP contribution in [-0.4, -0.2) is 49.6 Å². The first-order valence-electron chi connectivity index (χ1n) is 11.1. The molecular weight excluding hydrogens is 423 g/mol. The predicted octanol–water partition coefficient (Wildman–Crippen LogP) is 2.77. The van der Waals surface area contributed by atoms with E-state index in [-0.39, 0.29) is 30.1 Å². The van der Waals surface area contributed by atoms with Gasteiger partial charge in [-0.3, -0.25) is 19.2 Å². The van der Waals surface area contributed by atoms with Crippen molar-refractivity contribution in [3.05, 3.63) is 70.7 Å². The van der Waals surface area contributed by atoms with Crippen LogP contribution in [0.1, 0.15) is 51.9 Å². The van der Waals surface area contributed by atoms with E-state index in [1.54, 1.807) is 46.1 Å². The van der Waals surface area contributed by atoms with Crippen LogP contribution in [0.4, 0.5) is 10.2 Å². The van der Waals surface area contributed by atoms with Crippen molar-refractivity contribution in [2.75, 3.05) is 18.0 Å². The Morgan fingerprint density at radius 3 is 2.73 bits per heavy atom. The fourth-order valence-corrected chi connectivity index (χ4v) is 4.64. The number of hydrogen-bond donors (Lipinski definition) is 0. The Hall–Kier alpha value is -3.62. The lowest BCUT2D eigenvalue weighted by molar-refractivity contribution is -0.117. The summed E-state index contributed by atoms with van der Waals surface area (Å²) in [6.07, 6.45) is 5.79. The van der Waals surface area contributed by atoms with Crippen molar-refractivity contribution in [3.63, 3.8) is 0 Å². The number of carbonyl (C=O) groups excluding carboxylic acids is 2. The van der Waals surface area contributed by atoms with Crippen molar-refractivity contribution in [1.82, 2.24) is 24.6 Å². The molecule has 1 aromatic carbocycles. The van der Waals surface area contributed by atoms with Crippen LogP contribution in [-0.2, 0) is 24.7 Å². The third-order valence-electron chi connectivity index (χ3n) is 6.39. The number of halogens is 1. The Morgan fingerprint density at radius 2 is 2.00 bits per heavy atom. The quantitative estimate of drug-likeness (QED) is 0.599. The maximum atomic E-state index is 13.2. The second-order valence-corrected chi connectivity index (χ2v) is 8.63. The van der Waals surface area contributed by atoms with E-state index >= 15 is 0 Å². The summed E-state index contributed by atoms with van der Waals surface area (Å²) in [7, 11) is 1.78. The summed E-state index contributed by atoms with van der Waals surface area (Å²) in [5.74, 6) is 0.817. The zero-order valence-electron chi connectivity index (χ0n) is 18.7. The van der Waals surface area contributed by atoms with Crippen LogP contribution in [0.2, 0.25) is 0 Å². The lowest BCUT2D eigenvalue weighted by Crippen LogP contribution is -2.32. The molecule has 170 valence electrons. The number of aryl methyl sites for hydroxylation is 2. The topological polar surface area (TPSA) is 84.2 Å². The van der Waals surface area contributed by atoms with Crippen molar-refractivity contribution < 1.29 is 14.0 Å². The number of hydrogen-bond acceptors (Lipinski definition) is 5. The first kappa shape index (κ1) is 21.2. The molecule has 0 saturated carbocycles. The van der Waals surface area contributed by atoms with Gasteiger partial charge >= 0.3 is 0 Å². The monoisotopic (exact) mass is 448 g/mol. The van der Waals surface area contributed by atoms with Gasteiger partial charge in [0.25, 0.3) is 5.91 Å². The summed E-state index contributed by atoms with van der Waals surface area (Å²) in [5, 5.41) is 4.11. The third-order valence-corrected chi connectivity index (χ3v) is 6.39. The zero-order chi connectivity index (χ0) is 23.1. The number of anilines is 1. The second kappa shape index (κ2) is 8.38. The number of aromatic nitrogens is 4. The number of amides is 2. The minimum absolute atomic E-state index is 0.0172. The molecule has 4 heterocycles. The summed E-state index contributed by atoms with van der Waals surface area (Å²) < 4.78 is 14.8. The second-order valence-electron chi connectivity index (χ2n) is 8.63. The number of rotatable bonds is 5. The normalized spacial score (nSPS) is 17.7. The molecule has 33 heavy (non-hydrogen) atoms. The molecule has 9 heteroatoms. The van der Waals surface area contributed by atoms with Crippen LogP contribution in [0, 0.1) is 12.7 Å². The summed E-state index contributed by atoms with van der Waals surface area (Å²) in [6, 6.07) is 6.07. The van der Waals surface area contributed by atoms with Crippen molar-refractivity contribution in [2.45, 2.75) is 38.6 Å². The fraction of sp³-hybridized carbons (Fsp3) is 0.375. The van der Waals surface area contributed by atoms with E-state index in [1.807, 2.05) is 6.92 Å². The number of nitrogens with zero attached hydrogens (tertiary/aromatic N) is 6. The molecule has 2 aromatic heterocycles. The molecule has 0 aliphatic carbocycles. The van der Waals surface area contributed by atoms with Crippen LogP contribution in [0.5, 0.6) is 0 Å². The molecule has 1 fully saturated rings. The predicted molar refractivity (Wildman–Crippen MR) is 119 cm³/mol. The van der Waals surface area contributed by atoms with Crippen LogP contribution >= 0.6 is 0 Å². The van der Waals surface area contributed by atoms with Gasteiger partial charge in [0.05, 0.1) is 24.2 Å². The Morgan fingerprint density at radius 1 is 1.21 bits per heavy atom. The van der Waals surface area contributed by atoms with E-state index in [0.29, 0.717) is 36.7 Å². The largest absolute Gasteiger partial charge is 0.328 e. The van der Waals surface area contributed by atoms with Gasteiger partial charge in [-0.05, 0) is 43.9 Å². The molecule has 2 amide bonds. The van der Waals surface area contributed by atoms with Gasteiger partial charge in [0.15, 0.2) is 5.82 Å². The first-order chi connectivity index (χ1) is 15.9. The van der Waals surface area contributed by atoms with Crippen molar-refractivity contribution in [1.29, 1.82) is 0 Å². The van der Waals surface area contributed by atoms with E-state index in [0.717, 1.165) is 29.7 Å². The van der Waals surface area contributed by atoms with Crippen LogP contribution in [0.15, 0.2) is 36.7 Å². The minimum atomic E-state index is -0.281. The maximum Gasteiger partial charge on any atom is 0.257 e. The van der Waals surface area contributed by atoms with Crippen molar-refractivity contribution in [3.8, 4) is 0 Å². The SMILES string of the molecule is Cc1nc(C2CCCN2C(=O)c2cnn(C)c2)nc2c1CC(=O)N2CCc1ccc(F)cc1. The molecule has 3 aromatic rings. The molecule has 1 saturated heterocycles. The third kappa shape index (κ3) is 3.99. The molecule has 0 spiro atoms. The van der Waals surface area contributed by atoms with Crippen molar-refractivity contribution in [2.24, 2.45) is 7.05 Å². The van der Waals surface area contributed by atoms with Gasteiger partial charge < -0.3 is 4.90 Å². The van der Waals surface area contributed by atoms with Gasteiger partial charge in [-0.1, -0.05) is 12.1 Å². The average molecular weight is 449 g/mol. The molecule has 1 unspecified atom stereocenters. The summed E-state index contributed by atoms with van der Waals surface area (Å²) in [4.78, 5) is 38.9. The first-order valence-corrected chi connectivity index (χ1v) is 11.1. The highest BCUT2D eigenvalue weighted by atomic mass is 19.1. The molecule has 1 atom stereocenters. The van der Waals surface area contributed by atoms with Gasteiger partial charge in [-0.25, -0.2) is 14.4 Å². The van der Waals surface area contributed by atoms with Crippen LogP contribution in [0.25, 0.3) is 0 Å². The zero-order valence-corrected chi connectivity index (χ0v) is 18.7. The van der Waals surface area contributed by atoms with Crippen LogP contribution in [0.3, 0.4) is 0 Å². The van der Waals surface area contributed by atoms with Gasteiger partial charge in [-0.2, -0.15) is 5.10 Å². The molecule has 0 N–H and O–H groups in total. The summed E-state index contributed by atoms with van der Waals surface area (Å²) in [6.45, 7) is 2.98.